The van der Waals surface area contributed by atoms with Gasteiger partial charge in [0.1, 0.15) is 0 Å². The number of para-hydroxylation sites is 1. The van der Waals surface area contributed by atoms with Crippen LogP contribution in [0.1, 0.15) is 44.9 Å². The number of likely N-dealkylation sites (tertiary alicyclic amines) is 1. The fourth-order valence-corrected chi connectivity index (χ4v) is 5.27. The number of rotatable bonds is 3. The summed E-state index contributed by atoms with van der Waals surface area (Å²) in [4.78, 5) is 9.64. The normalized spacial score (nSPS) is 25.9. The van der Waals surface area contributed by atoms with Crippen molar-refractivity contribution < 1.29 is 0 Å². The van der Waals surface area contributed by atoms with Crippen molar-refractivity contribution in [3.8, 4) is 0 Å². The van der Waals surface area contributed by atoms with Crippen LogP contribution in [0.5, 0.6) is 0 Å². The topological polar surface area (TPSA) is 30.9 Å². The SMILES string of the molecule is CN=C(NCC1CCN(c2ccccc2)C1)N1CCC2(CCCCC2)C1. The van der Waals surface area contributed by atoms with Crippen molar-refractivity contribution in [1.82, 2.24) is 10.2 Å². The molecule has 142 valence electrons. The fourth-order valence-electron chi connectivity index (χ4n) is 5.27. The molecule has 1 spiro atoms. The molecule has 1 unspecified atom stereocenters. The van der Waals surface area contributed by atoms with Gasteiger partial charge in [-0.25, -0.2) is 0 Å². The largest absolute Gasteiger partial charge is 0.371 e. The van der Waals surface area contributed by atoms with Gasteiger partial charge >= 0.3 is 0 Å². The number of benzene rings is 1. The summed E-state index contributed by atoms with van der Waals surface area (Å²) in [5, 5.41) is 3.70. The highest BCUT2D eigenvalue weighted by atomic mass is 15.3. The molecule has 0 aromatic heterocycles. The van der Waals surface area contributed by atoms with Gasteiger partial charge in [-0.1, -0.05) is 37.5 Å². The predicted octanol–water partition coefficient (Wildman–Crippen LogP) is 3.74. The molecule has 1 atom stereocenters. The fraction of sp³-hybridized carbons (Fsp3) is 0.682. The van der Waals surface area contributed by atoms with Crippen molar-refractivity contribution in [3.05, 3.63) is 30.3 Å². The van der Waals surface area contributed by atoms with E-state index < -0.39 is 0 Å². The number of anilines is 1. The zero-order valence-corrected chi connectivity index (χ0v) is 16.3. The molecule has 2 saturated heterocycles. The van der Waals surface area contributed by atoms with Crippen molar-refractivity contribution >= 4 is 11.6 Å². The Morgan fingerprint density at radius 2 is 1.92 bits per heavy atom. The monoisotopic (exact) mass is 354 g/mol. The highest BCUT2D eigenvalue weighted by molar-refractivity contribution is 5.80. The second-order valence-electron chi connectivity index (χ2n) is 8.60. The van der Waals surface area contributed by atoms with Gasteiger partial charge in [0.05, 0.1) is 0 Å². The molecule has 1 saturated carbocycles. The molecule has 2 heterocycles. The van der Waals surface area contributed by atoms with Crippen LogP contribution in [0.25, 0.3) is 0 Å². The first kappa shape index (κ1) is 17.7. The number of hydrogen-bond acceptors (Lipinski definition) is 2. The molecule has 0 radical (unpaired) electrons. The predicted molar refractivity (Wildman–Crippen MR) is 110 cm³/mol. The van der Waals surface area contributed by atoms with E-state index in [9.17, 15) is 0 Å². The highest BCUT2D eigenvalue weighted by Crippen LogP contribution is 2.43. The Morgan fingerprint density at radius 3 is 2.69 bits per heavy atom. The van der Waals surface area contributed by atoms with E-state index in [0.717, 1.165) is 19.0 Å². The minimum absolute atomic E-state index is 0.591. The quantitative estimate of drug-likeness (QED) is 0.662. The van der Waals surface area contributed by atoms with Crippen LogP contribution >= 0.6 is 0 Å². The average molecular weight is 355 g/mol. The molecule has 3 aliphatic rings. The number of nitrogens with one attached hydrogen (secondary N) is 1. The molecule has 0 bridgehead atoms. The van der Waals surface area contributed by atoms with Gasteiger partial charge in [0, 0.05) is 45.5 Å². The van der Waals surface area contributed by atoms with Gasteiger partial charge in [-0.3, -0.25) is 4.99 Å². The summed E-state index contributed by atoms with van der Waals surface area (Å²) in [7, 11) is 1.94. The molecule has 1 aromatic rings. The third-order valence-corrected chi connectivity index (χ3v) is 6.82. The lowest BCUT2D eigenvalue weighted by Crippen LogP contribution is -2.43. The van der Waals surface area contributed by atoms with Crippen LogP contribution in [0.3, 0.4) is 0 Å². The van der Waals surface area contributed by atoms with Gasteiger partial charge < -0.3 is 15.1 Å². The molecule has 3 fully saturated rings. The van der Waals surface area contributed by atoms with Crippen LogP contribution in [-0.2, 0) is 0 Å². The van der Waals surface area contributed by atoms with Crippen LogP contribution in [0, 0.1) is 11.3 Å². The van der Waals surface area contributed by atoms with Gasteiger partial charge in [-0.15, -0.1) is 0 Å². The van der Waals surface area contributed by atoms with E-state index in [4.69, 9.17) is 0 Å². The minimum Gasteiger partial charge on any atom is -0.371 e. The Hall–Kier alpha value is -1.71. The van der Waals surface area contributed by atoms with E-state index in [-0.39, 0.29) is 0 Å². The summed E-state index contributed by atoms with van der Waals surface area (Å²) in [5.74, 6) is 1.84. The lowest BCUT2D eigenvalue weighted by atomic mass is 9.73. The third-order valence-electron chi connectivity index (χ3n) is 6.82. The summed E-state index contributed by atoms with van der Waals surface area (Å²) in [6.07, 6.45) is 9.77. The van der Waals surface area contributed by atoms with Crippen molar-refractivity contribution in [2.45, 2.75) is 44.9 Å². The Balaban J connectivity index is 1.27. The summed E-state index contributed by atoms with van der Waals surface area (Å²) in [5.41, 5.74) is 1.95. The Morgan fingerprint density at radius 1 is 1.12 bits per heavy atom. The minimum atomic E-state index is 0.591. The molecule has 4 rings (SSSR count). The number of nitrogens with zero attached hydrogens (tertiary/aromatic N) is 3. The lowest BCUT2D eigenvalue weighted by molar-refractivity contribution is 0.203. The van der Waals surface area contributed by atoms with Crippen LogP contribution in [-0.4, -0.2) is 50.6 Å². The Bertz CT molecular complexity index is 606. The van der Waals surface area contributed by atoms with Crippen LogP contribution in [0.2, 0.25) is 0 Å². The van der Waals surface area contributed by atoms with Gasteiger partial charge in [0.2, 0.25) is 0 Å². The molecule has 2 aliphatic heterocycles. The lowest BCUT2D eigenvalue weighted by Gasteiger charge is -2.33. The molecule has 4 heteroatoms. The van der Waals surface area contributed by atoms with Crippen LogP contribution in [0.15, 0.2) is 35.3 Å². The molecule has 1 aliphatic carbocycles. The summed E-state index contributed by atoms with van der Waals surface area (Å²) in [6, 6.07) is 10.8. The van der Waals surface area contributed by atoms with E-state index in [1.807, 2.05) is 7.05 Å². The number of guanidine groups is 1. The van der Waals surface area contributed by atoms with E-state index in [1.165, 1.54) is 70.3 Å². The highest BCUT2D eigenvalue weighted by Gasteiger charge is 2.39. The first-order valence-corrected chi connectivity index (χ1v) is 10.5. The molecule has 1 aromatic carbocycles. The maximum atomic E-state index is 4.60. The standard InChI is InChI=1S/C22H34N4/c1-23-21(26-15-13-22(18-26)11-6-3-7-12-22)24-16-19-10-14-25(17-19)20-8-4-2-5-9-20/h2,4-5,8-9,19H,3,6-7,10-18H2,1H3,(H,23,24). The van der Waals surface area contributed by atoms with E-state index in [0.29, 0.717) is 11.3 Å². The van der Waals surface area contributed by atoms with E-state index in [2.05, 4.69) is 50.4 Å². The Labute approximate surface area is 158 Å². The summed E-state index contributed by atoms with van der Waals surface area (Å²) >= 11 is 0. The molecular formula is C22H34N4. The summed E-state index contributed by atoms with van der Waals surface area (Å²) in [6.45, 7) is 5.76. The van der Waals surface area contributed by atoms with Crippen LogP contribution in [0.4, 0.5) is 5.69 Å². The van der Waals surface area contributed by atoms with Gasteiger partial charge in [-0.2, -0.15) is 0 Å². The molecule has 0 amide bonds. The zero-order valence-electron chi connectivity index (χ0n) is 16.3. The zero-order chi connectivity index (χ0) is 17.8. The first-order chi connectivity index (χ1) is 12.8. The average Bonchev–Trinajstić information content (AvgIpc) is 3.32. The van der Waals surface area contributed by atoms with Crippen molar-refractivity contribution in [3.63, 3.8) is 0 Å². The van der Waals surface area contributed by atoms with Crippen molar-refractivity contribution in [2.75, 3.05) is 44.7 Å². The number of aliphatic imine (C=N–C) groups is 1. The molecule has 26 heavy (non-hydrogen) atoms. The second-order valence-corrected chi connectivity index (χ2v) is 8.60. The molecule has 4 nitrogen and oxygen atoms in total. The van der Waals surface area contributed by atoms with Gasteiger partial charge in [0.25, 0.3) is 0 Å². The van der Waals surface area contributed by atoms with Crippen LogP contribution < -0.4 is 10.2 Å². The smallest absolute Gasteiger partial charge is 0.193 e. The van der Waals surface area contributed by atoms with E-state index in [1.54, 1.807) is 0 Å². The number of hydrogen-bond donors (Lipinski definition) is 1. The third kappa shape index (κ3) is 3.84. The summed E-state index contributed by atoms with van der Waals surface area (Å²) < 4.78 is 0. The maximum absolute atomic E-state index is 4.60. The van der Waals surface area contributed by atoms with Gasteiger partial charge in [-0.05, 0) is 49.1 Å². The first-order valence-electron chi connectivity index (χ1n) is 10.5. The second kappa shape index (κ2) is 7.89. The Kier molecular flexibility index (Phi) is 5.37. The maximum Gasteiger partial charge on any atom is 0.193 e. The van der Waals surface area contributed by atoms with Gasteiger partial charge in [0.15, 0.2) is 5.96 Å². The van der Waals surface area contributed by atoms with Crippen molar-refractivity contribution in [2.24, 2.45) is 16.3 Å². The van der Waals surface area contributed by atoms with E-state index >= 15 is 0 Å². The molecule has 1 N–H and O–H groups in total. The molecular weight excluding hydrogens is 320 g/mol. The van der Waals surface area contributed by atoms with Crippen molar-refractivity contribution in [1.29, 1.82) is 0 Å².